The molecule has 1 rings (SSSR count). The summed E-state index contributed by atoms with van der Waals surface area (Å²) in [5.41, 5.74) is 10.5. The van der Waals surface area contributed by atoms with Gasteiger partial charge in [-0.1, -0.05) is 18.2 Å². The number of aliphatic carboxylic acids is 1. The minimum atomic E-state index is -1.36. The van der Waals surface area contributed by atoms with E-state index in [9.17, 15) is 19.5 Å². The number of aliphatic imine (C=N–C) groups is 1. The standard InChI is InChI=1S/C15H19N5O4/c1-9(21)18-8-11(19-15(16)17)7-12(14(23)24)20-13(22)10-5-3-2-4-6-10/h2-7,11H,8H2,1H3,(H,18,21)(H,20,22)(H,23,24)(H4,16,17,19)/b12-7-. The number of carbonyl (C=O) groups excluding carboxylic acids is 2. The molecule has 0 aromatic heterocycles. The molecule has 1 unspecified atom stereocenters. The van der Waals surface area contributed by atoms with E-state index >= 15 is 0 Å². The highest BCUT2D eigenvalue weighted by molar-refractivity contribution is 6.00. The molecular formula is C15H19N5O4. The zero-order valence-electron chi connectivity index (χ0n) is 13.0. The molecule has 0 saturated carbocycles. The molecule has 0 spiro atoms. The third kappa shape index (κ3) is 6.60. The van der Waals surface area contributed by atoms with E-state index in [2.05, 4.69) is 15.6 Å². The van der Waals surface area contributed by atoms with Gasteiger partial charge in [-0.05, 0) is 18.2 Å². The minimum absolute atomic E-state index is 0.0226. The van der Waals surface area contributed by atoms with Crippen LogP contribution < -0.4 is 22.1 Å². The van der Waals surface area contributed by atoms with Gasteiger partial charge >= 0.3 is 5.97 Å². The van der Waals surface area contributed by atoms with Crippen LogP contribution in [0.25, 0.3) is 0 Å². The number of carboxylic acids is 1. The Morgan fingerprint density at radius 3 is 2.38 bits per heavy atom. The van der Waals surface area contributed by atoms with Gasteiger partial charge in [-0.3, -0.25) is 9.59 Å². The van der Waals surface area contributed by atoms with E-state index in [4.69, 9.17) is 11.5 Å². The van der Waals surface area contributed by atoms with Crippen LogP contribution in [-0.4, -0.2) is 41.4 Å². The van der Waals surface area contributed by atoms with E-state index in [1.807, 2.05) is 0 Å². The van der Waals surface area contributed by atoms with Crippen molar-refractivity contribution < 1.29 is 19.5 Å². The van der Waals surface area contributed by atoms with Gasteiger partial charge in [0.25, 0.3) is 5.91 Å². The Kier molecular flexibility index (Phi) is 6.96. The van der Waals surface area contributed by atoms with Crippen molar-refractivity contribution in [2.45, 2.75) is 13.0 Å². The monoisotopic (exact) mass is 333 g/mol. The SMILES string of the molecule is CC(=O)NCC(/C=C(\NC(=O)c1ccccc1)C(=O)O)N=C(N)N. The molecular weight excluding hydrogens is 314 g/mol. The van der Waals surface area contributed by atoms with Crippen molar-refractivity contribution in [1.82, 2.24) is 10.6 Å². The lowest BCUT2D eigenvalue weighted by molar-refractivity contribution is -0.133. The maximum absolute atomic E-state index is 12.1. The molecule has 0 saturated heterocycles. The molecule has 1 atom stereocenters. The zero-order valence-corrected chi connectivity index (χ0v) is 13.0. The predicted molar refractivity (Wildman–Crippen MR) is 87.9 cm³/mol. The third-order valence-electron chi connectivity index (χ3n) is 2.75. The second kappa shape index (κ2) is 8.93. The van der Waals surface area contributed by atoms with Gasteiger partial charge in [0, 0.05) is 19.0 Å². The van der Waals surface area contributed by atoms with Crippen molar-refractivity contribution >= 4 is 23.7 Å². The summed E-state index contributed by atoms with van der Waals surface area (Å²) in [6.45, 7) is 1.27. The Hall–Kier alpha value is -3.36. The summed E-state index contributed by atoms with van der Waals surface area (Å²) in [6, 6.07) is 7.27. The van der Waals surface area contributed by atoms with Crippen LogP contribution in [-0.2, 0) is 9.59 Å². The second-order valence-electron chi connectivity index (χ2n) is 4.76. The van der Waals surface area contributed by atoms with Crippen molar-refractivity contribution in [2.75, 3.05) is 6.54 Å². The van der Waals surface area contributed by atoms with Crippen molar-refractivity contribution in [2.24, 2.45) is 16.5 Å². The van der Waals surface area contributed by atoms with Gasteiger partial charge < -0.3 is 27.2 Å². The maximum atomic E-state index is 12.1. The summed E-state index contributed by atoms with van der Waals surface area (Å²) in [4.78, 5) is 38.2. The first kappa shape index (κ1) is 18.7. The third-order valence-corrected chi connectivity index (χ3v) is 2.75. The van der Waals surface area contributed by atoms with Crippen molar-refractivity contribution in [3.63, 3.8) is 0 Å². The first-order chi connectivity index (χ1) is 11.3. The number of carboxylic acid groups (broad SMARTS) is 1. The molecule has 0 fully saturated rings. The highest BCUT2D eigenvalue weighted by atomic mass is 16.4. The van der Waals surface area contributed by atoms with Gasteiger partial charge in [0.05, 0.1) is 6.04 Å². The lowest BCUT2D eigenvalue weighted by atomic mass is 10.2. The maximum Gasteiger partial charge on any atom is 0.352 e. The molecule has 9 heteroatoms. The number of nitrogens with zero attached hydrogens (tertiary/aromatic N) is 1. The van der Waals surface area contributed by atoms with Crippen molar-refractivity contribution in [3.8, 4) is 0 Å². The lowest BCUT2D eigenvalue weighted by Gasteiger charge is -2.12. The van der Waals surface area contributed by atoms with E-state index in [0.29, 0.717) is 5.56 Å². The molecule has 128 valence electrons. The van der Waals surface area contributed by atoms with Gasteiger partial charge in [0.15, 0.2) is 5.96 Å². The molecule has 0 aliphatic carbocycles. The van der Waals surface area contributed by atoms with Gasteiger partial charge in [0.1, 0.15) is 5.70 Å². The molecule has 0 bridgehead atoms. The summed E-state index contributed by atoms with van der Waals surface area (Å²) in [6.07, 6.45) is 1.15. The smallest absolute Gasteiger partial charge is 0.352 e. The van der Waals surface area contributed by atoms with Crippen LogP contribution in [0.2, 0.25) is 0 Å². The Morgan fingerprint density at radius 2 is 1.88 bits per heavy atom. The Morgan fingerprint density at radius 1 is 1.25 bits per heavy atom. The fourth-order valence-corrected chi connectivity index (χ4v) is 1.72. The number of nitrogens with one attached hydrogen (secondary N) is 2. The van der Waals surface area contributed by atoms with Gasteiger partial charge in [-0.15, -0.1) is 0 Å². The highest BCUT2D eigenvalue weighted by Crippen LogP contribution is 2.03. The van der Waals surface area contributed by atoms with Gasteiger partial charge in [-0.25, -0.2) is 9.79 Å². The molecule has 2 amide bonds. The molecule has 7 N–H and O–H groups in total. The number of carbonyl (C=O) groups is 3. The van der Waals surface area contributed by atoms with E-state index in [0.717, 1.165) is 6.08 Å². The van der Waals surface area contributed by atoms with E-state index in [-0.39, 0.29) is 18.4 Å². The average molecular weight is 333 g/mol. The Bertz CT molecular complexity index is 666. The largest absolute Gasteiger partial charge is 0.477 e. The van der Waals surface area contributed by atoms with Crippen LogP contribution in [0.5, 0.6) is 0 Å². The Labute approximate surface area is 138 Å². The normalized spacial score (nSPS) is 12.0. The van der Waals surface area contributed by atoms with E-state index in [1.54, 1.807) is 30.3 Å². The van der Waals surface area contributed by atoms with Crippen molar-refractivity contribution in [1.29, 1.82) is 0 Å². The summed E-state index contributed by atoms with van der Waals surface area (Å²) >= 11 is 0. The molecule has 1 aromatic rings. The predicted octanol–water partition coefficient (Wildman–Crippen LogP) is -0.837. The van der Waals surface area contributed by atoms with Crippen LogP contribution in [0.4, 0.5) is 0 Å². The van der Waals surface area contributed by atoms with Crippen molar-refractivity contribution in [3.05, 3.63) is 47.7 Å². The van der Waals surface area contributed by atoms with E-state index < -0.39 is 23.6 Å². The summed E-state index contributed by atoms with van der Waals surface area (Å²) in [5, 5.41) is 14.0. The molecule has 9 nitrogen and oxygen atoms in total. The quantitative estimate of drug-likeness (QED) is 0.248. The average Bonchev–Trinajstić information content (AvgIpc) is 2.51. The van der Waals surface area contributed by atoms with E-state index in [1.165, 1.54) is 6.92 Å². The summed E-state index contributed by atoms with van der Waals surface area (Å²) in [7, 11) is 0. The lowest BCUT2D eigenvalue weighted by Crippen LogP contribution is -2.34. The number of hydrogen-bond acceptors (Lipinski definition) is 4. The first-order valence-corrected chi connectivity index (χ1v) is 6.94. The van der Waals surface area contributed by atoms with Gasteiger partial charge in [0.2, 0.25) is 5.91 Å². The molecule has 1 aromatic carbocycles. The van der Waals surface area contributed by atoms with Crippen LogP contribution in [0.15, 0.2) is 47.1 Å². The highest BCUT2D eigenvalue weighted by Gasteiger charge is 2.16. The van der Waals surface area contributed by atoms with Crippen LogP contribution in [0.1, 0.15) is 17.3 Å². The molecule has 0 radical (unpaired) electrons. The number of hydrogen-bond donors (Lipinski definition) is 5. The minimum Gasteiger partial charge on any atom is -0.477 e. The zero-order chi connectivity index (χ0) is 18.1. The first-order valence-electron chi connectivity index (χ1n) is 6.94. The fourth-order valence-electron chi connectivity index (χ4n) is 1.72. The number of guanidine groups is 1. The molecule has 0 aliphatic heterocycles. The van der Waals surface area contributed by atoms with Crippen LogP contribution in [0.3, 0.4) is 0 Å². The molecule has 0 aliphatic rings. The summed E-state index contributed by atoms with van der Waals surface area (Å²) in [5.74, 6) is -2.56. The number of nitrogens with two attached hydrogens (primary N) is 2. The van der Waals surface area contributed by atoms with Gasteiger partial charge in [-0.2, -0.15) is 0 Å². The topological polar surface area (TPSA) is 160 Å². The summed E-state index contributed by atoms with van der Waals surface area (Å²) < 4.78 is 0. The fraction of sp³-hybridized carbons (Fsp3) is 0.200. The second-order valence-corrected chi connectivity index (χ2v) is 4.76. The van der Waals surface area contributed by atoms with Crippen LogP contribution >= 0.6 is 0 Å². The molecule has 24 heavy (non-hydrogen) atoms. The Balaban J connectivity index is 2.99. The number of rotatable bonds is 7. The molecule has 0 heterocycles. The number of amides is 2. The number of benzene rings is 1. The van der Waals surface area contributed by atoms with Crippen LogP contribution in [0, 0.1) is 0 Å².